The van der Waals surface area contributed by atoms with Gasteiger partial charge in [0.1, 0.15) is 13.1 Å². The lowest BCUT2D eigenvalue weighted by atomic mass is 10.3. The van der Waals surface area contributed by atoms with Crippen molar-refractivity contribution in [3.63, 3.8) is 0 Å². The van der Waals surface area contributed by atoms with E-state index < -0.39 is 0 Å². The van der Waals surface area contributed by atoms with E-state index in [1.807, 2.05) is 0 Å². The Kier molecular flexibility index (Phi) is 3.49. The van der Waals surface area contributed by atoms with Crippen molar-refractivity contribution < 1.29 is 14.0 Å². The number of hydrogen-bond donors (Lipinski definition) is 1. The summed E-state index contributed by atoms with van der Waals surface area (Å²) in [5, 5.41) is 2.68. The predicted octanol–water partition coefficient (Wildman–Crippen LogP) is -0.791. The topological polar surface area (TPSA) is 38.3 Å². The van der Waals surface area contributed by atoms with Crippen molar-refractivity contribution in [3.8, 4) is 0 Å². The van der Waals surface area contributed by atoms with Crippen LogP contribution < -0.4 is 5.32 Å². The summed E-state index contributed by atoms with van der Waals surface area (Å²) in [6.07, 6.45) is 0.757. The van der Waals surface area contributed by atoms with Crippen molar-refractivity contribution in [1.82, 2.24) is 5.32 Å². The van der Waals surface area contributed by atoms with E-state index in [9.17, 15) is 4.79 Å². The molecule has 4 nitrogen and oxygen atoms in total. The van der Waals surface area contributed by atoms with Gasteiger partial charge in [-0.2, -0.15) is 0 Å². The van der Waals surface area contributed by atoms with Crippen LogP contribution in [0.4, 0.5) is 0 Å². The van der Waals surface area contributed by atoms with Gasteiger partial charge in [0.05, 0.1) is 33.4 Å². The second kappa shape index (κ2) is 4.42. The number of carbonyl (C=O) groups is 1. The molecule has 0 aromatic heterocycles. The standard InChI is InChI=1S/C8H16N2O2/c1-10(3-2-9-8-11)4-6-12-7-5-10/h8H,2-7H2,1H3/p+1. The third-order valence-corrected chi connectivity index (χ3v) is 2.43. The van der Waals surface area contributed by atoms with E-state index in [4.69, 9.17) is 4.74 Å². The number of nitrogens with zero attached hydrogens (tertiary/aromatic N) is 1. The maximum Gasteiger partial charge on any atom is 0.207 e. The molecular weight excluding hydrogens is 156 g/mol. The zero-order valence-electron chi connectivity index (χ0n) is 7.58. The number of carbonyl (C=O) groups excluding carboxylic acids is 1. The van der Waals surface area contributed by atoms with Crippen LogP contribution in [0.5, 0.6) is 0 Å². The number of rotatable bonds is 4. The second-order valence-corrected chi connectivity index (χ2v) is 3.47. The molecule has 12 heavy (non-hydrogen) atoms. The fourth-order valence-electron chi connectivity index (χ4n) is 1.40. The fraction of sp³-hybridized carbons (Fsp3) is 0.875. The molecule has 1 aliphatic rings. The lowest BCUT2D eigenvalue weighted by molar-refractivity contribution is -0.915. The highest BCUT2D eigenvalue weighted by Gasteiger charge is 2.23. The molecule has 70 valence electrons. The summed E-state index contributed by atoms with van der Waals surface area (Å²) in [6.45, 7) is 5.57. The van der Waals surface area contributed by atoms with Crippen LogP contribution in [0.1, 0.15) is 0 Å². The predicted molar refractivity (Wildman–Crippen MR) is 45.7 cm³/mol. The van der Waals surface area contributed by atoms with Gasteiger partial charge in [-0.1, -0.05) is 0 Å². The Bertz CT molecular complexity index is 144. The minimum Gasteiger partial charge on any atom is -0.370 e. The molecule has 0 bridgehead atoms. The van der Waals surface area contributed by atoms with E-state index >= 15 is 0 Å². The van der Waals surface area contributed by atoms with Crippen LogP contribution in [0.25, 0.3) is 0 Å². The summed E-state index contributed by atoms with van der Waals surface area (Å²) in [5.74, 6) is 0. The number of morpholine rings is 1. The Hall–Kier alpha value is -0.610. The molecule has 0 saturated carbocycles. The lowest BCUT2D eigenvalue weighted by Gasteiger charge is -2.37. The average molecular weight is 173 g/mol. The van der Waals surface area contributed by atoms with Crippen molar-refractivity contribution >= 4 is 6.41 Å². The molecule has 0 aromatic rings. The Morgan fingerprint density at radius 3 is 2.75 bits per heavy atom. The van der Waals surface area contributed by atoms with Gasteiger partial charge in [-0.25, -0.2) is 0 Å². The third kappa shape index (κ3) is 2.79. The maximum absolute atomic E-state index is 10.0. The maximum atomic E-state index is 10.0. The Balaban J connectivity index is 2.21. The van der Waals surface area contributed by atoms with Gasteiger partial charge in [-0.15, -0.1) is 0 Å². The van der Waals surface area contributed by atoms with Gasteiger partial charge < -0.3 is 14.5 Å². The van der Waals surface area contributed by atoms with Gasteiger partial charge in [-0.05, 0) is 0 Å². The second-order valence-electron chi connectivity index (χ2n) is 3.47. The van der Waals surface area contributed by atoms with Crippen molar-refractivity contribution in [2.75, 3.05) is 46.4 Å². The highest BCUT2D eigenvalue weighted by atomic mass is 16.5. The monoisotopic (exact) mass is 173 g/mol. The largest absolute Gasteiger partial charge is 0.370 e. The molecule has 0 atom stereocenters. The molecule has 1 aliphatic heterocycles. The van der Waals surface area contributed by atoms with E-state index in [1.54, 1.807) is 0 Å². The summed E-state index contributed by atoms with van der Waals surface area (Å²) < 4.78 is 6.28. The minimum absolute atomic E-state index is 0.757. The molecule has 1 heterocycles. The highest BCUT2D eigenvalue weighted by molar-refractivity contribution is 5.45. The van der Waals surface area contributed by atoms with E-state index in [2.05, 4.69) is 12.4 Å². The molecule has 0 unspecified atom stereocenters. The molecule has 1 rings (SSSR count). The molecule has 1 N–H and O–H groups in total. The third-order valence-electron chi connectivity index (χ3n) is 2.43. The normalized spacial score (nSPS) is 21.8. The first kappa shape index (κ1) is 9.48. The smallest absolute Gasteiger partial charge is 0.207 e. The van der Waals surface area contributed by atoms with Gasteiger partial charge in [0.25, 0.3) is 0 Å². The summed E-state index contributed by atoms with van der Waals surface area (Å²) in [4.78, 5) is 10.0. The van der Waals surface area contributed by atoms with Crippen LogP contribution in [0.2, 0.25) is 0 Å². The quantitative estimate of drug-likeness (QED) is 0.344. The molecule has 0 radical (unpaired) electrons. The van der Waals surface area contributed by atoms with E-state index in [-0.39, 0.29) is 0 Å². The van der Waals surface area contributed by atoms with E-state index in [1.165, 1.54) is 0 Å². The Labute approximate surface area is 73.1 Å². The molecule has 1 fully saturated rings. The van der Waals surface area contributed by atoms with Crippen molar-refractivity contribution in [3.05, 3.63) is 0 Å². The van der Waals surface area contributed by atoms with Gasteiger partial charge in [0, 0.05) is 0 Å². The van der Waals surface area contributed by atoms with Gasteiger partial charge in [-0.3, -0.25) is 4.79 Å². The number of ether oxygens (including phenoxy) is 1. The highest BCUT2D eigenvalue weighted by Crippen LogP contribution is 2.05. The number of quaternary nitrogens is 1. The summed E-state index contributed by atoms with van der Waals surface area (Å²) in [5.41, 5.74) is 0. The zero-order chi connectivity index (χ0) is 8.86. The molecule has 0 aromatic carbocycles. The van der Waals surface area contributed by atoms with Gasteiger partial charge in [0.15, 0.2) is 0 Å². The van der Waals surface area contributed by atoms with Crippen molar-refractivity contribution in [1.29, 1.82) is 0 Å². The summed E-state index contributed by atoms with van der Waals surface area (Å²) in [7, 11) is 2.20. The van der Waals surface area contributed by atoms with E-state index in [0.29, 0.717) is 0 Å². The average Bonchev–Trinajstić information content (AvgIpc) is 2.06. The lowest BCUT2D eigenvalue weighted by Crippen LogP contribution is -2.54. The number of nitrogens with one attached hydrogen (secondary N) is 1. The Morgan fingerprint density at radius 1 is 1.50 bits per heavy atom. The Morgan fingerprint density at radius 2 is 2.17 bits per heavy atom. The SMILES string of the molecule is C[N+]1(CCNC=O)CCOCC1. The minimum atomic E-state index is 0.757. The molecule has 0 spiro atoms. The van der Waals surface area contributed by atoms with Gasteiger partial charge in [0.2, 0.25) is 6.41 Å². The first-order valence-electron chi connectivity index (χ1n) is 4.35. The van der Waals surface area contributed by atoms with Crippen molar-refractivity contribution in [2.24, 2.45) is 0 Å². The summed E-state index contributed by atoms with van der Waals surface area (Å²) >= 11 is 0. The molecule has 1 amide bonds. The number of hydrogen-bond acceptors (Lipinski definition) is 2. The van der Waals surface area contributed by atoms with Crippen LogP contribution in [0.15, 0.2) is 0 Å². The molecular formula is C8H17N2O2+. The summed E-state index contributed by atoms with van der Waals surface area (Å²) in [6, 6.07) is 0. The molecule has 4 heteroatoms. The molecule has 0 aliphatic carbocycles. The molecule has 1 saturated heterocycles. The van der Waals surface area contributed by atoms with Crippen LogP contribution in [0.3, 0.4) is 0 Å². The first-order valence-corrected chi connectivity index (χ1v) is 4.35. The number of amides is 1. The van der Waals surface area contributed by atoms with Crippen LogP contribution in [-0.4, -0.2) is 57.3 Å². The fourth-order valence-corrected chi connectivity index (χ4v) is 1.40. The van der Waals surface area contributed by atoms with Crippen LogP contribution in [-0.2, 0) is 9.53 Å². The number of likely N-dealkylation sites (N-methyl/N-ethyl adjacent to an activating group) is 1. The van der Waals surface area contributed by atoms with E-state index in [0.717, 1.165) is 50.3 Å². The van der Waals surface area contributed by atoms with Crippen molar-refractivity contribution in [2.45, 2.75) is 0 Å². The van der Waals surface area contributed by atoms with Crippen LogP contribution >= 0.6 is 0 Å². The van der Waals surface area contributed by atoms with Gasteiger partial charge >= 0.3 is 0 Å². The van der Waals surface area contributed by atoms with Crippen LogP contribution in [0, 0.1) is 0 Å². The first-order chi connectivity index (χ1) is 5.77. The zero-order valence-corrected chi connectivity index (χ0v) is 7.58.